The van der Waals surface area contributed by atoms with Crippen molar-refractivity contribution in [1.29, 1.82) is 0 Å². The molecule has 0 aromatic rings. The van der Waals surface area contributed by atoms with Crippen LogP contribution in [0.4, 0.5) is 0 Å². The van der Waals surface area contributed by atoms with Crippen LogP contribution >= 0.6 is 0 Å². The number of esters is 1. The number of allylic oxidation sites excluding steroid dienone is 1. The van der Waals surface area contributed by atoms with Crippen LogP contribution in [0.25, 0.3) is 0 Å². The van der Waals surface area contributed by atoms with E-state index in [4.69, 9.17) is 4.74 Å². The van der Waals surface area contributed by atoms with Crippen molar-refractivity contribution >= 4 is 11.8 Å². The van der Waals surface area contributed by atoms with Crippen LogP contribution in [0.5, 0.6) is 0 Å². The Bertz CT molecular complexity index is 412. The molecule has 0 spiro atoms. The average molecular weight is 250 g/mol. The molecule has 3 aliphatic carbocycles. The van der Waals surface area contributed by atoms with Gasteiger partial charge in [0.1, 0.15) is 5.78 Å². The number of ether oxygens (including phenoxy) is 1. The Morgan fingerprint density at radius 1 is 1.50 bits per heavy atom. The van der Waals surface area contributed by atoms with Gasteiger partial charge in [0.15, 0.2) is 0 Å². The molecule has 0 N–H and O–H groups in total. The highest BCUT2D eigenvalue weighted by molar-refractivity contribution is 5.91. The third kappa shape index (κ3) is 1.63. The van der Waals surface area contributed by atoms with E-state index in [1.165, 1.54) is 7.11 Å². The van der Waals surface area contributed by atoms with E-state index in [0.717, 1.165) is 12.0 Å². The Hall–Kier alpha value is -1.12. The molecule has 0 aliphatic heterocycles. The number of fused-ring (bicyclic) bond motifs is 3. The molecule has 3 saturated carbocycles. The molecule has 0 radical (unpaired) electrons. The zero-order chi connectivity index (χ0) is 13.7. The van der Waals surface area contributed by atoms with Crippen molar-refractivity contribution < 1.29 is 14.3 Å². The van der Waals surface area contributed by atoms with Crippen molar-refractivity contribution in [3.05, 3.63) is 12.2 Å². The average Bonchev–Trinajstić information content (AvgIpc) is 2.33. The second-order valence-corrected chi connectivity index (χ2v) is 6.20. The third-order valence-electron chi connectivity index (χ3n) is 5.16. The van der Waals surface area contributed by atoms with Crippen LogP contribution in [0, 0.1) is 29.1 Å². The molecule has 0 aromatic heterocycles. The molecule has 3 rings (SSSR count). The van der Waals surface area contributed by atoms with Crippen molar-refractivity contribution in [2.75, 3.05) is 7.11 Å². The van der Waals surface area contributed by atoms with Gasteiger partial charge < -0.3 is 4.74 Å². The van der Waals surface area contributed by atoms with Crippen LogP contribution in [-0.4, -0.2) is 18.9 Å². The van der Waals surface area contributed by atoms with Gasteiger partial charge in [0.2, 0.25) is 0 Å². The largest absolute Gasteiger partial charge is 0.469 e. The van der Waals surface area contributed by atoms with Crippen molar-refractivity contribution in [2.24, 2.45) is 29.1 Å². The molecule has 3 fully saturated rings. The highest BCUT2D eigenvalue weighted by Crippen LogP contribution is 2.58. The molecule has 0 heterocycles. The number of Topliss-reactive ketones (excluding diaryl/α,β-unsaturated/α-hetero) is 1. The summed E-state index contributed by atoms with van der Waals surface area (Å²) in [5, 5.41) is 0. The van der Waals surface area contributed by atoms with E-state index in [1.54, 1.807) is 0 Å². The van der Waals surface area contributed by atoms with Gasteiger partial charge in [0, 0.05) is 11.3 Å². The molecular weight excluding hydrogens is 228 g/mol. The Morgan fingerprint density at radius 3 is 2.61 bits per heavy atom. The SMILES string of the molecule is C=C(C)[C@@H]1CC2C(C(=O)OC)C[C@]1(C)C(=O)[C@H]2C. The van der Waals surface area contributed by atoms with E-state index >= 15 is 0 Å². The molecule has 3 aliphatic rings. The van der Waals surface area contributed by atoms with E-state index < -0.39 is 5.41 Å². The van der Waals surface area contributed by atoms with E-state index in [-0.39, 0.29) is 29.6 Å². The Kier molecular flexibility index (Phi) is 3.12. The first kappa shape index (κ1) is 13.3. The minimum atomic E-state index is -0.432. The quantitative estimate of drug-likeness (QED) is 0.559. The minimum absolute atomic E-state index is 0.0385. The van der Waals surface area contributed by atoms with Crippen LogP contribution in [0.3, 0.4) is 0 Å². The summed E-state index contributed by atoms with van der Waals surface area (Å²) in [5.41, 5.74) is 0.629. The van der Waals surface area contributed by atoms with Crippen LogP contribution < -0.4 is 0 Å². The van der Waals surface area contributed by atoms with Gasteiger partial charge in [-0.25, -0.2) is 0 Å². The number of methoxy groups -OCH3 is 1. The van der Waals surface area contributed by atoms with Gasteiger partial charge >= 0.3 is 5.97 Å². The molecule has 0 saturated heterocycles. The van der Waals surface area contributed by atoms with E-state index in [1.807, 2.05) is 20.8 Å². The Balaban J connectivity index is 2.38. The lowest BCUT2D eigenvalue weighted by atomic mass is 9.47. The minimum Gasteiger partial charge on any atom is -0.469 e. The zero-order valence-corrected chi connectivity index (χ0v) is 11.7. The molecule has 100 valence electrons. The monoisotopic (exact) mass is 250 g/mol. The maximum atomic E-state index is 12.5. The number of carbonyl (C=O) groups is 2. The second-order valence-electron chi connectivity index (χ2n) is 6.20. The smallest absolute Gasteiger partial charge is 0.308 e. The second kappa shape index (κ2) is 4.22. The van der Waals surface area contributed by atoms with Crippen LogP contribution in [0.1, 0.15) is 33.6 Å². The van der Waals surface area contributed by atoms with Gasteiger partial charge in [-0.3, -0.25) is 9.59 Å². The summed E-state index contributed by atoms with van der Waals surface area (Å²) < 4.78 is 4.89. The van der Waals surface area contributed by atoms with Crippen molar-refractivity contribution in [1.82, 2.24) is 0 Å². The molecular formula is C15H22O3. The molecule has 0 amide bonds. The summed E-state index contributed by atoms with van der Waals surface area (Å²) in [6, 6.07) is 0. The lowest BCUT2D eigenvalue weighted by Gasteiger charge is -2.55. The first-order valence-corrected chi connectivity index (χ1v) is 6.60. The Morgan fingerprint density at radius 2 is 2.11 bits per heavy atom. The summed E-state index contributed by atoms with van der Waals surface area (Å²) in [6.07, 6.45) is 1.50. The lowest BCUT2D eigenvalue weighted by Crippen LogP contribution is -2.57. The van der Waals surface area contributed by atoms with Crippen molar-refractivity contribution in [3.63, 3.8) is 0 Å². The summed E-state index contributed by atoms with van der Waals surface area (Å²) >= 11 is 0. The predicted molar refractivity (Wildman–Crippen MR) is 68.8 cm³/mol. The molecule has 0 aromatic carbocycles. The summed E-state index contributed by atoms with van der Waals surface area (Å²) in [7, 11) is 1.43. The standard InChI is InChI=1S/C15H22O3/c1-8(2)12-6-10-9(3)13(16)15(12,4)7-11(10)14(17)18-5/h9-12H,1,6-7H2,2-5H3/t9-,10?,11?,12-,15-/m0/s1. The van der Waals surface area contributed by atoms with Crippen LogP contribution in [-0.2, 0) is 14.3 Å². The van der Waals surface area contributed by atoms with Gasteiger partial charge in [-0.05, 0) is 31.6 Å². The fourth-order valence-electron chi connectivity index (χ4n) is 4.14. The van der Waals surface area contributed by atoms with Crippen LogP contribution in [0.2, 0.25) is 0 Å². The molecule has 3 heteroatoms. The maximum Gasteiger partial charge on any atom is 0.308 e. The maximum absolute atomic E-state index is 12.5. The van der Waals surface area contributed by atoms with Crippen molar-refractivity contribution in [3.8, 4) is 0 Å². The number of rotatable bonds is 2. The lowest BCUT2D eigenvalue weighted by molar-refractivity contribution is -0.167. The first-order chi connectivity index (χ1) is 8.32. The number of carbonyl (C=O) groups excluding carboxylic acids is 2. The van der Waals surface area contributed by atoms with Gasteiger partial charge in [0.25, 0.3) is 0 Å². The van der Waals surface area contributed by atoms with Crippen LogP contribution in [0.15, 0.2) is 12.2 Å². The van der Waals surface area contributed by atoms with Gasteiger partial charge in [-0.15, -0.1) is 0 Å². The third-order valence-corrected chi connectivity index (χ3v) is 5.16. The summed E-state index contributed by atoms with van der Waals surface area (Å²) in [6.45, 7) is 9.96. The topological polar surface area (TPSA) is 43.4 Å². The highest BCUT2D eigenvalue weighted by Gasteiger charge is 2.59. The van der Waals surface area contributed by atoms with Gasteiger partial charge in [-0.1, -0.05) is 26.0 Å². The van der Waals surface area contributed by atoms with Gasteiger partial charge in [0.05, 0.1) is 13.0 Å². The predicted octanol–water partition coefficient (Wildman–Crippen LogP) is 2.60. The van der Waals surface area contributed by atoms with Crippen molar-refractivity contribution in [2.45, 2.75) is 33.6 Å². The van der Waals surface area contributed by atoms with E-state index in [0.29, 0.717) is 12.2 Å². The molecule has 2 unspecified atom stereocenters. The van der Waals surface area contributed by atoms with E-state index in [2.05, 4.69) is 6.58 Å². The number of hydrogen-bond acceptors (Lipinski definition) is 3. The van der Waals surface area contributed by atoms with E-state index in [9.17, 15) is 9.59 Å². The number of ketones is 1. The Labute approximate surface area is 109 Å². The van der Waals surface area contributed by atoms with Gasteiger partial charge in [-0.2, -0.15) is 0 Å². The molecule has 2 bridgehead atoms. The highest BCUT2D eigenvalue weighted by atomic mass is 16.5. The zero-order valence-electron chi connectivity index (χ0n) is 11.7. The molecule has 3 nitrogen and oxygen atoms in total. The fourth-order valence-corrected chi connectivity index (χ4v) is 4.14. The molecule has 18 heavy (non-hydrogen) atoms. The summed E-state index contributed by atoms with van der Waals surface area (Å²) in [5.74, 6) is 0.310. The summed E-state index contributed by atoms with van der Waals surface area (Å²) in [4.78, 5) is 24.4. The first-order valence-electron chi connectivity index (χ1n) is 6.60. The molecule has 5 atom stereocenters. The fraction of sp³-hybridized carbons (Fsp3) is 0.733. The normalized spacial score (nSPS) is 42.8. The number of hydrogen-bond donors (Lipinski definition) is 0.